The number of nitrogens with zero attached hydrogens (tertiary/aromatic N) is 2. The van der Waals surface area contributed by atoms with Gasteiger partial charge in [-0.05, 0) is 30.7 Å². The smallest absolute Gasteiger partial charge is 0.269 e. The van der Waals surface area contributed by atoms with Gasteiger partial charge in [0.05, 0.1) is 10.6 Å². The number of nitrogens with one attached hydrogen (secondary N) is 1. The third-order valence-electron chi connectivity index (χ3n) is 3.67. The first-order chi connectivity index (χ1) is 12.5. The van der Waals surface area contributed by atoms with Crippen molar-refractivity contribution < 1.29 is 18.8 Å². The van der Waals surface area contributed by atoms with Crippen molar-refractivity contribution in [1.82, 2.24) is 5.32 Å². The summed E-state index contributed by atoms with van der Waals surface area (Å²) in [5.41, 5.74) is 0.473. The highest BCUT2D eigenvalue weighted by Gasteiger charge is 2.08. The zero-order valence-electron chi connectivity index (χ0n) is 14.4. The Morgan fingerprint density at radius 2 is 1.92 bits per heavy atom. The summed E-state index contributed by atoms with van der Waals surface area (Å²) in [5.74, 6) is -0.197. The van der Waals surface area contributed by atoms with Crippen molar-refractivity contribution in [1.29, 1.82) is 0 Å². The zero-order valence-corrected chi connectivity index (χ0v) is 14.4. The molecule has 26 heavy (non-hydrogen) atoms. The highest BCUT2D eigenvalue weighted by molar-refractivity contribution is 5.77. The number of nitro groups is 1. The molecule has 0 aliphatic rings. The SMILES string of the molecule is CN(CCCNC(=O)COc1ccc([N+](=O)[O-])cc1)c1ccccc1F. The van der Waals surface area contributed by atoms with Crippen LogP contribution in [-0.2, 0) is 4.79 Å². The molecule has 138 valence electrons. The van der Waals surface area contributed by atoms with Crippen molar-refractivity contribution in [2.45, 2.75) is 6.42 Å². The summed E-state index contributed by atoms with van der Waals surface area (Å²) in [5, 5.41) is 13.3. The topological polar surface area (TPSA) is 84.7 Å². The highest BCUT2D eigenvalue weighted by Crippen LogP contribution is 2.17. The number of halogens is 1. The van der Waals surface area contributed by atoms with Crippen molar-refractivity contribution >= 4 is 17.3 Å². The van der Waals surface area contributed by atoms with Gasteiger partial charge in [0.15, 0.2) is 6.61 Å². The Hall–Kier alpha value is -3.16. The van der Waals surface area contributed by atoms with Crippen LogP contribution >= 0.6 is 0 Å². The average Bonchev–Trinajstić information content (AvgIpc) is 2.64. The van der Waals surface area contributed by atoms with Gasteiger partial charge in [0.2, 0.25) is 0 Å². The van der Waals surface area contributed by atoms with Crippen molar-refractivity contribution in [2.75, 3.05) is 31.6 Å². The fourth-order valence-electron chi connectivity index (χ4n) is 2.29. The lowest BCUT2D eigenvalue weighted by molar-refractivity contribution is -0.384. The molecule has 0 saturated heterocycles. The lowest BCUT2D eigenvalue weighted by Crippen LogP contribution is -2.31. The lowest BCUT2D eigenvalue weighted by atomic mass is 10.2. The Morgan fingerprint density at radius 3 is 2.58 bits per heavy atom. The third-order valence-corrected chi connectivity index (χ3v) is 3.67. The summed E-state index contributed by atoms with van der Waals surface area (Å²) in [4.78, 5) is 23.6. The lowest BCUT2D eigenvalue weighted by Gasteiger charge is -2.19. The van der Waals surface area contributed by atoms with Crippen molar-refractivity contribution in [3.05, 3.63) is 64.5 Å². The second kappa shape index (κ2) is 9.36. The van der Waals surface area contributed by atoms with E-state index in [1.807, 2.05) is 0 Å². The van der Waals surface area contributed by atoms with Crippen LogP contribution in [0.4, 0.5) is 15.8 Å². The maximum absolute atomic E-state index is 13.6. The van der Waals surface area contributed by atoms with Crippen LogP contribution in [0.2, 0.25) is 0 Å². The number of carbonyl (C=O) groups is 1. The minimum absolute atomic E-state index is 0.0409. The summed E-state index contributed by atoms with van der Waals surface area (Å²) < 4.78 is 18.9. The van der Waals surface area contributed by atoms with Crippen LogP contribution in [0.3, 0.4) is 0 Å². The van der Waals surface area contributed by atoms with Gasteiger partial charge in [-0.1, -0.05) is 12.1 Å². The molecule has 2 rings (SSSR count). The molecular formula is C18H20FN3O4. The molecule has 0 spiro atoms. The van der Waals surface area contributed by atoms with Crippen LogP contribution < -0.4 is 15.0 Å². The van der Waals surface area contributed by atoms with E-state index in [9.17, 15) is 19.3 Å². The van der Waals surface area contributed by atoms with Crippen LogP contribution in [0.1, 0.15) is 6.42 Å². The number of para-hydroxylation sites is 1. The van der Waals surface area contributed by atoms with Gasteiger partial charge < -0.3 is 15.0 Å². The molecule has 1 amide bonds. The maximum atomic E-state index is 13.6. The van der Waals surface area contributed by atoms with Gasteiger partial charge in [0.25, 0.3) is 11.6 Å². The van der Waals surface area contributed by atoms with Gasteiger partial charge in [0, 0.05) is 32.3 Å². The molecule has 0 aliphatic heterocycles. The highest BCUT2D eigenvalue weighted by atomic mass is 19.1. The molecule has 0 heterocycles. The Labute approximate surface area is 150 Å². The summed E-state index contributed by atoms with van der Waals surface area (Å²) in [6.45, 7) is 0.840. The Kier molecular flexibility index (Phi) is 6.90. The number of hydrogen-bond donors (Lipinski definition) is 1. The van der Waals surface area contributed by atoms with E-state index in [1.165, 1.54) is 30.3 Å². The first kappa shape index (κ1) is 19.2. The fraction of sp³-hybridized carbons (Fsp3) is 0.278. The standard InChI is InChI=1S/C18H20FN3O4/c1-21(17-6-3-2-5-16(17)19)12-4-11-20-18(23)13-26-15-9-7-14(8-10-15)22(24)25/h2-3,5-10H,4,11-13H2,1H3,(H,20,23). The Balaban J connectivity index is 1.66. The number of anilines is 1. The van der Waals surface area contributed by atoms with Gasteiger partial charge >= 0.3 is 0 Å². The fourth-order valence-corrected chi connectivity index (χ4v) is 2.29. The summed E-state index contributed by atoms with van der Waals surface area (Å²) in [6.07, 6.45) is 0.647. The molecule has 2 aromatic carbocycles. The first-order valence-corrected chi connectivity index (χ1v) is 8.07. The second-order valence-electron chi connectivity index (χ2n) is 5.62. The first-order valence-electron chi connectivity index (χ1n) is 8.07. The number of amides is 1. The van der Waals surface area contributed by atoms with Crippen LogP contribution in [-0.4, -0.2) is 37.6 Å². The van der Waals surface area contributed by atoms with Crippen LogP contribution in [0.5, 0.6) is 5.75 Å². The molecule has 0 unspecified atom stereocenters. The molecule has 2 aromatic rings. The molecule has 0 bridgehead atoms. The monoisotopic (exact) mass is 361 g/mol. The number of rotatable bonds is 9. The van der Waals surface area contributed by atoms with E-state index >= 15 is 0 Å². The normalized spacial score (nSPS) is 10.2. The largest absolute Gasteiger partial charge is 0.484 e. The van der Waals surface area contributed by atoms with Crippen molar-refractivity contribution in [3.8, 4) is 5.75 Å². The quantitative estimate of drug-likeness (QED) is 0.422. The van der Waals surface area contributed by atoms with E-state index in [2.05, 4.69) is 5.32 Å². The van der Waals surface area contributed by atoms with E-state index < -0.39 is 4.92 Å². The van der Waals surface area contributed by atoms with E-state index in [1.54, 1.807) is 30.1 Å². The van der Waals surface area contributed by atoms with Gasteiger partial charge in [-0.3, -0.25) is 14.9 Å². The average molecular weight is 361 g/mol. The third kappa shape index (κ3) is 5.73. The number of benzene rings is 2. The Morgan fingerprint density at radius 1 is 1.23 bits per heavy atom. The molecule has 0 saturated carbocycles. The zero-order chi connectivity index (χ0) is 18.9. The predicted molar refractivity (Wildman–Crippen MR) is 95.9 cm³/mol. The molecule has 0 radical (unpaired) electrons. The summed E-state index contributed by atoms with van der Waals surface area (Å²) in [6, 6.07) is 12.0. The number of hydrogen-bond acceptors (Lipinski definition) is 5. The number of ether oxygens (including phenoxy) is 1. The van der Waals surface area contributed by atoms with E-state index in [4.69, 9.17) is 4.74 Å². The Bertz CT molecular complexity index is 752. The van der Waals surface area contributed by atoms with Crippen LogP contribution in [0.15, 0.2) is 48.5 Å². The van der Waals surface area contributed by atoms with Crippen molar-refractivity contribution in [3.63, 3.8) is 0 Å². The maximum Gasteiger partial charge on any atom is 0.269 e. The van der Waals surface area contributed by atoms with E-state index in [0.717, 1.165) is 0 Å². The molecular weight excluding hydrogens is 341 g/mol. The van der Waals surface area contributed by atoms with Gasteiger partial charge in [-0.25, -0.2) is 4.39 Å². The summed E-state index contributed by atoms with van der Waals surface area (Å²) in [7, 11) is 1.79. The minimum Gasteiger partial charge on any atom is -0.484 e. The number of carbonyl (C=O) groups excluding carboxylic acids is 1. The number of non-ortho nitro benzene ring substituents is 1. The van der Waals surface area contributed by atoms with E-state index in [-0.39, 0.29) is 24.0 Å². The molecule has 0 atom stereocenters. The predicted octanol–water partition coefficient (Wildman–Crippen LogP) is 2.76. The van der Waals surface area contributed by atoms with Gasteiger partial charge in [-0.15, -0.1) is 0 Å². The van der Waals surface area contributed by atoms with Gasteiger partial charge in [0.1, 0.15) is 11.6 Å². The summed E-state index contributed by atoms with van der Waals surface area (Å²) >= 11 is 0. The van der Waals surface area contributed by atoms with Crippen molar-refractivity contribution in [2.24, 2.45) is 0 Å². The van der Waals surface area contributed by atoms with Crippen LogP contribution in [0.25, 0.3) is 0 Å². The molecule has 8 heteroatoms. The second-order valence-corrected chi connectivity index (χ2v) is 5.62. The minimum atomic E-state index is -0.505. The molecule has 0 aliphatic carbocycles. The van der Waals surface area contributed by atoms with Crippen LogP contribution in [0, 0.1) is 15.9 Å². The molecule has 7 nitrogen and oxygen atoms in total. The molecule has 0 fully saturated rings. The molecule has 1 N–H and O–H groups in total. The van der Waals surface area contributed by atoms with E-state index in [0.29, 0.717) is 30.9 Å². The number of nitro benzene ring substituents is 1. The molecule has 0 aromatic heterocycles. The van der Waals surface area contributed by atoms with Gasteiger partial charge in [-0.2, -0.15) is 0 Å².